The number of carboxylic acids is 1. The quantitative estimate of drug-likeness (QED) is 0.753. The third-order valence-corrected chi connectivity index (χ3v) is 1.79. The smallest absolute Gasteiger partial charge is 0.307 e. The van der Waals surface area contributed by atoms with Crippen molar-refractivity contribution < 1.29 is 9.90 Å². The first-order chi connectivity index (χ1) is 5.59. The molecule has 0 spiro atoms. The molecule has 64 valence electrons. The van der Waals surface area contributed by atoms with Crippen molar-refractivity contribution >= 4 is 29.2 Å². The molecule has 0 aliphatic heterocycles. The van der Waals surface area contributed by atoms with Crippen LogP contribution in [0.5, 0.6) is 0 Å². The van der Waals surface area contributed by atoms with Crippen molar-refractivity contribution in [3.05, 3.63) is 28.0 Å². The number of nitrogens with zero attached hydrogens (tertiary/aromatic N) is 1. The number of aliphatic carboxylic acids is 1. The minimum Gasteiger partial charge on any atom is -0.481 e. The average Bonchev–Trinajstić information content (AvgIpc) is 1.96. The molecule has 1 N–H and O–H groups in total. The number of halogens is 2. The summed E-state index contributed by atoms with van der Waals surface area (Å²) in [5, 5.41) is 9.03. The Morgan fingerprint density at radius 1 is 1.58 bits per heavy atom. The van der Waals surface area contributed by atoms with E-state index in [0.29, 0.717) is 10.6 Å². The Labute approximate surface area is 78.9 Å². The van der Waals surface area contributed by atoms with Gasteiger partial charge >= 0.3 is 5.97 Å². The Morgan fingerprint density at radius 2 is 2.25 bits per heavy atom. The molecule has 1 aromatic heterocycles. The van der Waals surface area contributed by atoms with E-state index in [1.165, 1.54) is 12.3 Å². The molecule has 0 saturated carbocycles. The third kappa shape index (κ3) is 2.36. The highest BCUT2D eigenvalue weighted by Crippen LogP contribution is 2.18. The lowest BCUT2D eigenvalue weighted by molar-refractivity contribution is -0.136. The van der Waals surface area contributed by atoms with Gasteiger partial charge in [-0.2, -0.15) is 0 Å². The number of aromatic nitrogens is 1. The van der Waals surface area contributed by atoms with Crippen molar-refractivity contribution in [2.24, 2.45) is 0 Å². The van der Waals surface area contributed by atoms with Crippen LogP contribution in [0.2, 0.25) is 10.2 Å². The van der Waals surface area contributed by atoms with E-state index >= 15 is 0 Å². The van der Waals surface area contributed by atoms with E-state index in [1.54, 1.807) is 0 Å². The monoisotopic (exact) mass is 205 g/mol. The van der Waals surface area contributed by atoms with Gasteiger partial charge in [-0.25, -0.2) is 4.98 Å². The Hall–Kier alpha value is -0.800. The maximum Gasteiger partial charge on any atom is 0.307 e. The van der Waals surface area contributed by atoms with Crippen molar-refractivity contribution in [3.63, 3.8) is 0 Å². The zero-order valence-corrected chi connectivity index (χ0v) is 7.43. The van der Waals surface area contributed by atoms with Gasteiger partial charge in [0.25, 0.3) is 0 Å². The highest BCUT2D eigenvalue weighted by molar-refractivity contribution is 6.32. The van der Waals surface area contributed by atoms with Gasteiger partial charge in [-0.05, 0) is 11.6 Å². The summed E-state index contributed by atoms with van der Waals surface area (Å²) < 4.78 is 0. The summed E-state index contributed by atoms with van der Waals surface area (Å²) in [6.07, 6.45) is 1.20. The second kappa shape index (κ2) is 3.74. The fourth-order valence-electron chi connectivity index (χ4n) is 0.750. The van der Waals surface area contributed by atoms with Gasteiger partial charge < -0.3 is 5.11 Å². The molecule has 1 heterocycles. The molecule has 0 radical (unpaired) electrons. The molecule has 0 aromatic carbocycles. The fraction of sp³-hybridized carbons (Fsp3) is 0.143. The number of carbonyl (C=O) groups is 1. The highest BCUT2D eigenvalue weighted by atomic mass is 35.5. The summed E-state index contributed by atoms with van der Waals surface area (Å²) >= 11 is 11.2. The molecule has 0 bridgehead atoms. The maximum absolute atomic E-state index is 10.3. The van der Waals surface area contributed by atoms with Crippen molar-refractivity contribution in [1.82, 2.24) is 4.98 Å². The predicted molar refractivity (Wildman–Crippen MR) is 45.6 cm³/mol. The summed E-state index contributed by atoms with van der Waals surface area (Å²) in [5.74, 6) is -0.945. The second-order valence-corrected chi connectivity index (χ2v) is 2.96. The van der Waals surface area contributed by atoms with Gasteiger partial charge in [0.15, 0.2) is 0 Å². The first-order valence-electron chi connectivity index (χ1n) is 3.11. The molecule has 0 saturated heterocycles. The van der Waals surface area contributed by atoms with Crippen LogP contribution in [-0.4, -0.2) is 16.1 Å². The molecule has 1 aromatic rings. The van der Waals surface area contributed by atoms with E-state index in [2.05, 4.69) is 4.98 Å². The van der Waals surface area contributed by atoms with Crippen molar-refractivity contribution in [3.8, 4) is 0 Å². The molecule has 0 aliphatic carbocycles. The van der Waals surface area contributed by atoms with Crippen molar-refractivity contribution in [2.75, 3.05) is 0 Å². The summed E-state index contributed by atoms with van der Waals surface area (Å²) in [5.41, 5.74) is 0.476. The molecular formula is C7H5Cl2NO2. The number of hydrogen-bond donors (Lipinski definition) is 1. The van der Waals surface area contributed by atoms with Crippen LogP contribution in [0.1, 0.15) is 5.56 Å². The SMILES string of the molecule is O=C(O)Cc1cc(Cl)ncc1Cl. The summed E-state index contributed by atoms with van der Waals surface area (Å²) in [7, 11) is 0. The zero-order valence-electron chi connectivity index (χ0n) is 5.92. The summed E-state index contributed by atoms with van der Waals surface area (Å²) in [6.45, 7) is 0. The first kappa shape index (κ1) is 9.29. The van der Waals surface area contributed by atoms with Crippen molar-refractivity contribution in [2.45, 2.75) is 6.42 Å². The van der Waals surface area contributed by atoms with Crippen molar-refractivity contribution in [1.29, 1.82) is 0 Å². The lowest BCUT2D eigenvalue weighted by atomic mass is 10.2. The van der Waals surface area contributed by atoms with Gasteiger partial charge in [0.05, 0.1) is 11.4 Å². The van der Waals surface area contributed by atoms with Crippen LogP contribution in [0, 0.1) is 0 Å². The lowest BCUT2D eigenvalue weighted by Gasteiger charge is -1.99. The topological polar surface area (TPSA) is 50.2 Å². The number of pyridine rings is 1. The van der Waals surface area contributed by atoms with E-state index in [4.69, 9.17) is 28.3 Å². The fourth-order valence-corrected chi connectivity index (χ4v) is 1.10. The Morgan fingerprint density at radius 3 is 2.83 bits per heavy atom. The predicted octanol–water partition coefficient (Wildman–Crippen LogP) is 2.02. The zero-order chi connectivity index (χ0) is 9.14. The van der Waals surface area contributed by atoms with Gasteiger partial charge in [-0.3, -0.25) is 4.79 Å². The molecule has 0 aliphatic rings. The largest absolute Gasteiger partial charge is 0.481 e. The van der Waals surface area contributed by atoms with Gasteiger partial charge in [-0.15, -0.1) is 0 Å². The molecule has 3 nitrogen and oxygen atoms in total. The number of rotatable bonds is 2. The van der Waals surface area contributed by atoms with E-state index < -0.39 is 5.97 Å². The molecule has 0 fully saturated rings. The highest BCUT2D eigenvalue weighted by Gasteiger charge is 2.06. The first-order valence-corrected chi connectivity index (χ1v) is 3.87. The number of carboxylic acid groups (broad SMARTS) is 1. The van der Waals surface area contributed by atoms with Crippen LogP contribution in [-0.2, 0) is 11.2 Å². The van der Waals surface area contributed by atoms with E-state index in [1.807, 2.05) is 0 Å². The molecule has 0 amide bonds. The van der Waals surface area contributed by atoms with Crippen LogP contribution in [0.15, 0.2) is 12.3 Å². The Bertz CT molecular complexity index is 314. The molecular weight excluding hydrogens is 201 g/mol. The molecule has 0 unspecified atom stereocenters. The molecule has 0 atom stereocenters. The molecule has 1 rings (SSSR count). The van der Waals surface area contributed by atoms with Crippen LogP contribution >= 0.6 is 23.2 Å². The van der Waals surface area contributed by atoms with Crippen LogP contribution in [0.25, 0.3) is 0 Å². The van der Waals surface area contributed by atoms with Gasteiger partial charge in [0.2, 0.25) is 0 Å². The molecule has 12 heavy (non-hydrogen) atoms. The van der Waals surface area contributed by atoms with Crippen LogP contribution in [0.3, 0.4) is 0 Å². The normalized spacial score (nSPS) is 9.83. The van der Waals surface area contributed by atoms with Crippen LogP contribution in [0.4, 0.5) is 0 Å². The Kier molecular flexibility index (Phi) is 2.89. The number of hydrogen-bond acceptors (Lipinski definition) is 2. The second-order valence-electron chi connectivity index (χ2n) is 2.17. The van der Waals surface area contributed by atoms with E-state index in [0.717, 1.165) is 0 Å². The van der Waals surface area contributed by atoms with Crippen LogP contribution < -0.4 is 0 Å². The van der Waals surface area contributed by atoms with E-state index in [-0.39, 0.29) is 11.6 Å². The minimum absolute atomic E-state index is 0.138. The molecule has 5 heteroatoms. The lowest BCUT2D eigenvalue weighted by Crippen LogP contribution is -2.00. The summed E-state index contributed by atoms with van der Waals surface area (Å²) in [4.78, 5) is 14.0. The minimum atomic E-state index is -0.945. The Balaban J connectivity index is 2.97. The maximum atomic E-state index is 10.3. The van der Waals surface area contributed by atoms with Gasteiger partial charge in [0.1, 0.15) is 5.15 Å². The van der Waals surface area contributed by atoms with Gasteiger partial charge in [-0.1, -0.05) is 23.2 Å². The van der Waals surface area contributed by atoms with E-state index in [9.17, 15) is 4.79 Å². The third-order valence-electron chi connectivity index (χ3n) is 1.24. The standard InChI is InChI=1S/C7H5Cl2NO2/c8-5-3-10-6(9)1-4(5)2-7(11)12/h1,3H,2H2,(H,11,12). The summed E-state index contributed by atoms with van der Waals surface area (Å²) in [6, 6.07) is 1.44. The average molecular weight is 206 g/mol. The van der Waals surface area contributed by atoms with Gasteiger partial charge in [0, 0.05) is 6.20 Å².